The highest BCUT2D eigenvalue weighted by molar-refractivity contribution is 5.77. The lowest BCUT2D eigenvalue weighted by molar-refractivity contribution is -0.135. The van der Waals surface area contributed by atoms with Crippen molar-refractivity contribution >= 4 is 5.91 Å². The number of halogens is 1. The van der Waals surface area contributed by atoms with Crippen molar-refractivity contribution in [2.75, 3.05) is 39.4 Å². The Labute approximate surface area is 151 Å². The average molecular weight is 362 g/mol. The highest BCUT2D eigenvalue weighted by Gasteiger charge is 2.20. The summed E-state index contributed by atoms with van der Waals surface area (Å²) in [7, 11) is 0. The highest BCUT2D eigenvalue weighted by atomic mass is 19.1. The van der Waals surface area contributed by atoms with Gasteiger partial charge in [0.05, 0.1) is 6.54 Å². The molecule has 1 aliphatic rings. The summed E-state index contributed by atoms with van der Waals surface area (Å²) in [6.45, 7) is 6.01. The monoisotopic (exact) mass is 362 g/mol. The van der Waals surface area contributed by atoms with E-state index in [1.54, 1.807) is 12.1 Å². The van der Waals surface area contributed by atoms with Crippen molar-refractivity contribution in [2.24, 2.45) is 0 Å². The molecule has 0 aliphatic carbocycles. The van der Waals surface area contributed by atoms with E-state index in [9.17, 15) is 9.18 Å². The fraction of sp³-hybridized carbons (Fsp3) is 0.500. The maximum Gasteiger partial charge on any atom is 0.248 e. The van der Waals surface area contributed by atoms with Crippen molar-refractivity contribution in [3.63, 3.8) is 0 Å². The van der Waals surface area contributed by atoms with Crippen molar-refractivity contribution < 1.29 is 18.4 Å². The van der Waals surface area contributed by atoms with Crippen molar-refractivity contribution in [2.45, 2.75) is 19.9 Å². The predicted octanol–water partition coefficient (Wildman–Crippen LogP) is 1.95. The molecule has 0 unspecified atom stereocenters. The molecular formula is C18H23FN4O3. The molecule has 0 atom stereocenters. The standard InChI is InChI=1S/C18H23FN4O3/c1-2-25-13-17(24)23-8-4-7-22(9-10-23)12-16-20-18(21-26-16)14-5-3-6-15(19)11-14/h3,5-6,11H,2,4,7-10,12-13H2,1H3. The van der Waals surface area contributed by atoms with Gasteiger partial charge in [0.15, 0.2) is 0 Å². The number of aromatic nitrogens is 2. The molecule has 1 aromatic heterocycles. The van der Waals surface area contributed by atoms with E-state index in [1.165, 1.54) is 12.1 Å². The summed E-state index contributed by atoms with van der Waals surface area (Å²) in [6.07, 6.45) is 0.878. The molecule has 2 aromatic rings. The summed E-state index contributed by atoms with van der Waals surface area (Å²) in [5.74, 6) is 0.555. The number of ether oxygens (including phenoxy) is 1. The fourth-order valence-electron chi connectivity index (χ4n) is 2.91. The largest absolute Gasteiger partial charge is 0.372 e. The van der Waals surface area contributed by atoms with Crippen LogP contribution in [-0.2, 0) is 16.1 Å². The van der Waals surface area contributed by atoms with Gasteiger partial charge in [0.2, 0.25) is 17.6 Å². The minimum Gasteiger partial charge on any atom is -0.372 e. The van der Waals surface area contributed by atoms with Gasteiger partial charge in [-0.2, -0.15) is 4.98 Å². The van der Waals surface area contributed by atoms with Crippen LogP contribution in [0.5, 0.6) is 0 Å². The van der Waals surface area contributed by atoms with Gasteiger partial charge in [-0.15, -0.1) is 0 Å². The number of hydrogen-bond acceptors (Lipinski definition) is 6. The van der Waals surface area contributed by atoms with Crippen LogP contribution in [0.15, 0.2) is 28.8 Å². The molecule has 140 valence electrons. The maximum absolute atomic E-state index is 13.3. The van der Waals surface area contributed by atoms with Crippen molar-refractivity contribution in [3.05, 3.63) is 36.0 Å². The Hall–Kier alpha value is -2.32. The first-order valence-electron chi connectivity index (χ1n) is 8.82. The quantitative estimate of drug-likeness (QED) is 0.782. The molecule has 0 saturated carbocycles. The Balaban J connectivity index is 1.56. The van der Waals surface area contributed by atoms with Crippen molar-refractivity contribution in [1.29, 1.82) is 0 Å². The first-order chi connectivity index (χ1) is 12.7. The van der Waals surface area contributed by atoms with E-state index < -0.39 is 0 Å². The number of carbonyl (C=O) groups is 1. The molecule has 8 heteroatoms. The molecular weight excluding hydrogens is 339 g/mol. The molecule has 7 nitrogen and oxygen atoms in total. The molecule has 1 fully saturated rings. The van der Waals surface area contributed by atoms with Crippen LogP contribution in [0.4, 0.5) is 4.39 Å². The molecule has 3 rings (SSSR count). The average Bonchev–Trinajstić information content (AvgIpc) is 2.98. The Bertz CT molecular complexity index is 737. The SMILES string of the molecule is CCOCC(=O)N1CCCN(Cc2nc(-c3cccc(F)c3)no2)CC1. The smallest absolute Gasteiger partial charge is 0.248 e. The number of hydrogen-bond donors (Lipinski definition) is 0. The molecule has 2 heterocycles. The lowest BCUT2D eigenvalue weighted by Gasteiger charge is -2.21. The van der Waals surface area contributed by atoms with E-state index in [-0.39, 0.29) is 18.3 Å². The zero-order chi connectivity index (χ0) is 18.4. The van der Waals surface area contributed by atoms with Crippen molar-refractivity contribution in [3.8, 4) is 11.4 Å². The van der Waals surface area contributed by atoms with E-state index >= 15 is 0 Å². The molecule has 0 spiro atoms. The second-order valence-corrected chi connectivity index (χ2v) is 6.17. The second kappa shape index (κ2) is 8.86. The lowest BCUT2D eigenvalue weighted by atomic mass is 10.2. The zero-order valence-corrected chi connectivity index (χ0v) is 14.9. The Morgan fingerprint density at radius 3 is 3.00 bits per heavy atom. The van der Waals surface area contributed by atoms with Crippen LogP contribution >= 0.6 is 0 Å². The van der Waals surface area contributed by atoms with Gasteiger partial charge in [-0.3, -0.25) is 9.69 Å². The predicted molar refractivity (Wildman–Crippen MR) is 92.7 cm³/mol. The molecule has 1 aromatic carbocycles. The Kier molecular flexibility index (Phi) is 6.30. The molecule has 26 heavy (non-hydrogen) atoms. The summed E-state index contributed by atoms with van der Waals surface area (Å²) >= 11 is 0. The molecule has 0 N–H and O–H groups in total. The van der Waals surface area contributed by atoms with Crippen LogP contribution in [0.3, 0.4) is 0 Å². The van der Waals surface area contributed by atoms with Crippen LogP contribution in [0.1, 0.15) is 19.2 Å². The number of amides is 1. The van der Waals surface area contributed by atoms with E-state index in [0.717, 1.165) is 26.1 Å². The number of carbonyl (C=O) groups excluding carboxylic acids is 1. The molecule has 1 saturated heterocycles. The molecule has 1 aliphatic heterocycles. The normalized spacial score (nSPS) is 15.8. The maximum atomic E-state index is 13.3. The third kappa shape index (κ3) is 4.86. The minimum atomic E-state index is -0.335. The zero-order valence-electron chi connectivity index (χ0n) is 14.9. The molecule has 1 amide bonds. The van der Waals surface area contributed by atoms with E-state index in [1.807, 2.05) is 11.8 Å². The summed E-state index contributed by atoms with van der Waals surface area (Å²) in [4.78, 5) is 20.4. The first-order valence-corrected chi connectivity index (χ1v) is 8.82. The molecule has 0 bridgehead atoms. The van der Waals surface area contributed by atoms with Crippen LogP contribution in [-0.4, -0.2) is 65.2 Å². The number of rotatable bonds is 6. The third-order valence-corrected chi connectivity index (χ3v) is 4.28. The fourth-order valence-corrected chi connectivity index (χ4v) is 2.91. The van der Waals surface area contributed by atoms with Crippen LogP contribution < -0.4 is 0 Å². The van der Waals surface area contributed by atoms with E-state index in [2.05, 4.69) is 15.0 Å². The Morgan fingerprint density at radius 1 is 1.31 bits per heavy atom. The van der Waals surface area contributed by atoms with Gasteiger partial charge >= 0.3 is 0 Å². The summed E-state index contributed by atoms with van der Waals surface area (Å²) < 4.78 is 23.8. The van der Waals surface area contributed by atoms with Crippen LogP contribution in [0.2, 0.25) is 0 Å². The summed E-state index contributed by atoms with van der Waals surface area (Å²) in [5.41, 5.74) is 0.587. The third-order valence-electron chi connectivity index (χ3n) is 4.28. The Morgan fingerprint density at radius 2 is 2.19 bits per heavy atom. The van der Waals surface area contributed by atoms with Gasteiger partial charge in [-0.25, -0.2) is 4.39 Å². The first kappa shape index (κ1) is 18.5. The van der Waals surface area contributed by atoms with Gasteiger partial charge in [-0.05, 0) is 25.5 Å². The van der Waals surface area contributed by atoms with Gasteiger partial charge in [0, 0.05) is 38.3 Å². The summed E-state index contributed by atoms with van der Waals surface area (Å²) in [5, 5.41) is 3.93. The van der Waals surface area contributed by atoms with Gasteiger partial charge in [-0.1, -0.05) is 17.3 Å². The van der Waals surface area contributed by atoms with Crippen LogP contribution in [0, 0.1) is 5.82 Å². The second-order valence-electron chi connectivity index (χ2n) is 6.17. The van der Waals surface area contributed by atoms with Gasteiger partial charge in [0.25, 0.3) is 0 Å². The summed E-state index contributed by atoms with van der Waals surface area (Å²) in [6, 6.07) is 6.11. The minimum absolute atomic E-state index is 0.0277. The van der Waals surface area contributed by atoms with Crippen molar-refractivity contribution in [1.82, 2.24) is 19.9 Å². The molecule has 0 radical (unpaired) electrons. The number of benzene rings is 1. The van der Waals surface area contributed by atoms with E-state index in [4.69, 9.17) is 9.26 Å². The van der Waals surface area contributed by atoms with E-state index in [0.29, 0.717) is 37.0 Å². The number of nitrogens with zero attached hydrogens (tertiary/aromatic N) is 4. The van der Waals surface area contributed by atoms with Crippen LogP contribution in [0.25, 0.3) is 11.4 Å². The lowest BCUT2D eigenvalue weighted by Crippen LogP contribution is -2.37. The topological polar surface area (TPSA) is 71.7 Å². The van der Waals surface area contributed by atoms with Gasteiger partial charge in [0.1, 0.15) is 12.4 Å². The van der Waals surface area contributed by atoms with Gasteiger partial charge < -0.3 is 14.2 Å². The highest BCUT2D eigenvalue weighted by Crippen LogP contribution is 2.17.